The number of carbonyl (C=O) groups is 2. The smallest absolute Gasteiger partial charge is 0.240 e. The Kier molecular flexibility index (Phi) is 3.00. The number of amides is 2. The summed E-state index contributed by atoms with van der Waals surface area (Å²) in [5.74, 6) is -0.414. The summed E-state index contributed by atoms with van der Waals surface area (Å²) >= 11 is 0. The van der Waals surface area contributed by atoms with Crippen LogP contribution in [0.25, 0.3) is 0 Å². The molecule has 0 bridgehead atoms. The van der Waals surface area contributed by atoms with Crippen molar-refractivity contribution < 1.29 is 14.7 Å². The minimum Gasteiger partial charge on any atom is -0.508 e. The monoisotopic (exact) mass is 262 g/mol. The summed E-state index contributed by atoms with van der Waals surface area (Å²) in [4.78, 5) is 25.8. The Bertz CT molecular complexity index is 554. The van der Waals surface area contributed by atoms with Gasteiger partial charge in [0.1, 0.15) is 5.75 Å². The van der Waals surface area contributed by atoms with Crippen LogP contribution in [0.5, 0.6) is 5.75 Å². The number of anilines is 2. The number of nitrogen functional groups attached to an aromatic ring is 1. The van der Waals surface area contributed by atoms with Gasteiger partial charge in [0.15, 0.2) is 0 Å². The maximum atomic E-state index is 12.5. The first-order chi connectivity index (χ1) is 8.77. The fourth-order valence-electron chi connectivity index (χ4n) is 2.28. The predicted octanol–water partition coefficient (Wildman–Crippen LogP) is 1.90. The summed E-state index contributed by atoms with van der Waals surface area (Å²) < 4.78 is 0. The maximum Gasteiger partial charge on any atom is 0.240 e. The first-order valence-electron chi connectivity index (χ1n) is 6.23. The van der Waals surface area contributed by atoms with Crippen LogP contribution in [-0.2, 0) is 9.59 Å². The quantitative estimate of drug-likeness (QED) is 0.630. The van der Waals surface area contributed by atoms with Gasteiger partial charge < -0.3 is 10.8 Å². The molecule has 2 rings (SSSR count). The van der Waals surface area contributed by atoms with E-state index in [9.17, 15) is 14.7 Å². The molecule has 19 heavy (non-hydrogen) atoms. The zero-order chi connectivity index (χ0) is 14.4. The second-order valence-corrected chi connectivity index (χ2v) is 5.53. The van der Waals surface area contributed by atoms with E-state index in [-0.39, 0.29) is 35.6 Å². The number of aromatic hydroxyl groups is 1. The number of phenols is 1. The van der Waals surface area contributed by atoms with Crippen LogP contribution in [0.4, 0.5) is 11.4 Å². The molecule has 1 aliphatic rings. The lowest BCUT2D eigenvalue weighted by molar-refractivity contribution is -0.126. The molecule has 1 unspecified atom stereocenters. The number of rotatable bonds is 2. The summed E-state index contributed by atoms with van der Waals surface area (Å²) in [5.41, 5.74) is 5.65. The van der Waals surface area contributed by atoms with Crippen molar-refractivity contribution in [2.45, 2.75) is 27.2 Å². The SMILES string of the molecule is CC(C)C1(C)CC(=O)N(c2ccc(O)cc2N)C1=O. The van der Waals surface area contributed by atoms with Crippen LogP contribution in [0.15, 0.2) is 18.2 Å². The van der Waals surface area contributed by atoms with Gasteiger partial charge in [-0.25, -0.2) is 4.90 Å². The van der Waals surface area contributed by atoms with E-state index >= 15 is 0 Å². The highest BCUT2D eigenvalue weighted by Crippen LogP contribution is 2.42. The molecule has 1 aromatic rings. The summed E-state index contributed by atoms with van der Waals surface area (Å²) in [6, 6.07) is 4.24. The van der Waals surface area contributed by atoms with E-state index in [0.29, 0.717) is 5.69 Å². The number of nitrogens with zero attached hydrogens (tertiary/aromatic N) is 1. The topological polar surface area (TPSA) is 83.6 Å². The molecule has 0 radical (unpaired) electrons. The molecule has 3 N–H and O–H groups in total. The normalized spacial score (nSPS) is 23.5. The summed E-state index contributed by atoms with van der Waals surface area (Å²) in [7, 11) is 0. The Labute approximate surface area is 112 Å². The Morgan fingerprint density at radius 2 is 2.00 bits per heavy atom. The van der Waals surface area contributed by atoms with E-state index < -0.39 is 5.41 Å². The third-order valence-corrected chi connectivity index (χ3v) is 3.99. The van der Waals surface area contributed by atoms with Crippen LogP contribution in [-0.4, -0.2) is 16.9 Å². The van der Waals surface area contributed by atoms with Gasteiger partial charge in [-0.05, 0) is 25.0 Å². The third kappa shape index (κ3) is 1.95. The van der Waals surface area contributed by atoms with Crippen molar-refractivity contribution in [2.24, 2.45) is 11.3 Å². The third-order valence-electron chi connectivity index (χ3n) is 3.99. The van der Waals surface area contributed by atoms with Crippen molar-refractivity contribution in [1.29, 1.82) is 0 Å². The Balaban J connectivity index is 2.46. The van der Waals surface area contributed by atoms with Crippen LogP contribution < -0.4 is 10.6 Å². The van der Waals surface area contributed by atoms with E-state index in [4.69, 9.17) is 5.73 Å². The highest BCUT2D eigenvalue weighted by Gasteiger charge is 2.50. The van der Waals surface area contributed by atoms with E-state index in [0.717, 1.165) is 4.90 Å². The average Bonchev–Trinajstić information content (AvgIpc) is 2.53. The lowest BCUT2D eigenvalue weighted by atomic mass is 9.78. The maximum absolute atomic E-state index is 12.5. The highest BCUT2D eigenvalue weighted by atomic mass is 16.3. The molecule has 0 aliphatic carbocycles. The van der Waals surface area contributed by atoms with Crippen LogP contribution >= 0.6 is 0 Å². The van der Waals surface area contributed by atoms with Gasteiger partial charge in [0.2, 0.25) is 11.8 Å². The number of imide groups is 1. The molecule has 1 atom stereocenters. The zero-order valence-corrected chi connectivity index (χ0v) is 11.3. The molecule has 5 nitrogen and oxygen atoms in total. The second-order valence-electron chi connectivity index (χ2n) is 5.53. The lowest BCUT2D eigenvalue weighted by Gasteiger charge is -2.26. The van der Waals surface area contributed by atoms with Gasteiger partial charge in [-0.1, -0.05) is 13.8 Å². The summed E-state index contributed by atoms with van der Waals surface area (Å²) in [6.45, 7) is 5.65. The van der Waals surface area contributed by atoms with Crippen LogP contribution in [0.1, 0.15) is 27.2 Å². The van der Waals surface area contributed by atoms with Crippen molar-refractivity contribution in [2.75, 3.05) is 10.6 Å². The molecule has 102 valence electrons. The standard InChI is InChI=1S/C14H18N2O3/c1-8(2)14(3)7-12(18)16(13(14)19)11-5-4-9(17)6-10(11)15/h4-6,8,17H,7,15H2,1-3H3. The van der Waals surface area contributed by atoms with Gasteiger partial charge in [-0.3, -0.25) is 9.59 Å². The van der Waals surface area contributed by atoms with Crippen molar-refractivity contribution in [3.05, 3.63) is 18.2 Å². The van der Waals surface area contributed by atoms with Crippen molar-refractivity contribution in [1.82, 2.24) is 0 Å². The number of phenolic OH excluding ortho intramolecular Hbond substituents is 1. The number of nitrogens with two attached hydrogens (primary N) is 1. The summed E-state index contributed by atoms with van der Waals surface area (Å²) in [5, 5.41) is 9.33. The van der Waals surface area contributed by atoms with E-state index in [2.05, 4.69) is 0 Å². The molecule has 1 fully saturated rings. The lowest BCUT2D eigenvalue weighted by Crippen LogP contribution is -2.37. The van der Waals surface area contributed by atoms with Crippen LogP contribution in [0.3, 0.4) is 0 Å². The number of hydrogen-bond donors (Lipinski definition) is 2. The zero-order valence-electron chi connectivity index (χ0n) is 11.3. The fourth-order valence-corrected chi connectivity index (χ4v) is 2.28. The second kappa shape index (κ2) is 4.26. The van der Waals surface area contributed by atoms with E-state index in [1.165, 1.54) is 18.2 Å². The van der Waals surface area contributed by atoms with Gasteiger partial charge in [-0.2, -0.15) is 0 Å². The molecule has 2 amide bonds. The Hall–Kier alpha value is -2.04. The number of hydrogen-bond acceptors (Lipinski definition) is 4. The molecule has 1 aliphatic heterocycles. The largest absolute Gasteiger partial charge is 0.508 e. The van der Waals surface area contributed by atoms with Gasteiger partial charge in [0, 0.05) is 12.5 Å². The van der Waals surface area contributed by atoms with Gasteiger partial charge in [0.05, 0.1) is 16.8 Å². The van der Waals surface area contributed by atoms with E-state index in [1.54, 1.807) is 6.92 Å². The van der Waals surface area contributed by atoms with Crippen molar-refractivity contribution in [3.63, 3.8) is 0 Å². The first kappa shape index (κ1) is 13.4. The van der Waals surface area contributed by atoms with Gasteiger partial charge in [0.25, 0.3) is 0 Å². The van der Waals surface area contributed by atoms with Gasteiger partial charge >= 0.3 is 0 Å². The van der Waals surface area contributed by atoms with Gasteiger partial charge in [-0.15, -0.1) is 0 Å². The van der Waals surface area contributed by atoms with E-state index in [1.807, 2.05) is 13.8 Å². The molecule has 0 aromatic heterocycles. The molecule has 1 aromatic carbocycles. The fraction of sp³-hybridized carbons (Fsp3) is 0.429. The van der Waals surface area contributed by atoms with Crippen molar-refractivity contribution >= 4 is 23.2 Å². The minimum absolute atomic E-state index is 0.00645. The molecule has 1 saturated heterocycles. The molecule has 0 spiro atoms. The number of benzene rings is 1. The Morgan fingerprint density at radius 1 is 1.37 bits per heavy atom. The molecule has 1 heterocycles. The van der Waals surface area contributed by atoms with Crippen LogP contribution in [0, 0.1) is 11.3 Å². The molecule has 5 heteroatoms. The first-order valence-corrected chi connectivity index (χ1v) is 6.23. The number of carbonyl (C=O) groups excluding carboxylic acids is 2. The molecular weight excluding hydrogens is 244 g/mol. The predicted molar refractivity (Wildman–Crippen MR) is 72.6 cm³/mol. The summed E-state index contributed by atoms with van der Waals surface area (Å²) in [6.07, 6.45) is 0.184. The minimum atomic E-state index is -0.693. The molecular formula is C14H18N2O3. The van der Waals surface area contributed by atoms with Crippen molar-refractivity contribution in [3.8, 4) is 5.75 Å². The highest BCUT2D eigenvalue weighted by molar-refractivity contribution is 6.23. The molecule has 0 saturated carbocycles. The average molecular weight is 262 g/mol. The Morgan fingerprint density at radius 3 is 2.47 bits per heavy atom. The van der Waals surface area contributed by atoms with Crippen LogP contribution in [0.2, 0.25) is 0 Å².